The van der Waals surface area contributed by atoms with E-state index in [0.29, 0.717) is 5.56 Å². The molecule has 2 bridgehead atoms. The molecule has 3 fully saturated rings. The summed E-state index contributed by atoms with van der Waals surface area (Å²) < 4.78 is 37.6. The second kappa shape index (κ2) is 14.8. The Morgan fingerprint density at radius 1 is 0.741 bits per heavy atom. The number of rotatable bonds is 10. The molecule has 6 rings (SSSR count). The number of hydrogen-bond acceptors (Lipinski definition) is 12. The van der Waals surface area contributed by atoms with Gasteiger partial charge < -0.3 is 33.5 Å². The molecule has 0 radical (unpaired) electrons. The summed E-state index contributed by atoms with van der Waals surface area (Å²) in [5.41, 5.74) is -6.34. The second-order valence-corrected chi connectivity index (χ2v) is 14.8. The quantitative estimate of drug-likeness (QED) is 0.163. The average Bonchev–Trinajstić information content (AvgIpc) is 3.30. The highest BCUT2D eigenvalue weighted by Gasteiger charge is 2.86. The number of hydrogen-bond donors (Lipinski definition) is 1. The summed E-state index contributed by atoms with van der Waals surface area (Å²) >= 11 is 0. The maximum atomic E-state index is 14.0. The van der Waals surface area contributed by atoms with Crippen LogP contribution < -0.4 is 0 Å². The molecule has 0 unspecified atom stereocenters. The summed E-state index contributed by atoms with van der Waals surface area (Å²) in [5.74, 6) is -4.60. The van der Waals surface area contributed by atoms with Crippen LogP contribution in [0.15, 0.2) is 97.1 Å². The number of carbonyl (C=O) groups excluding carboxylic acids is 5. The Labute approximate surface area is 313 Å². The molecule has 0 aromatic heterocycles. The van der Waals surface area contributed by atoms with Gasteiger partial charge in [-0.3, -0.25) is 9.59 Å². The summed E-state index contributed by atoms with van der Waals surface area (Å²) in [6, 6.07) is 25.2. The first-order chi connectivity index (χ1) is 25.6. The van der Waals surface area contributed by atoms with Crippen LogP contribution in [-0.4, -0.2) is 82.8 Å². The van der Waals surface area contributed by atoms with Gasteiger partial charge in [0, 0.05) is 32.3 Å². The molecular formula is C42H44O12. The van der Waals surface area contributed by atoms with Crippen molar-refractivity contribution in [1.29, 1.82) is 0 Å². The van der Waals surface area contributed by atoms with E-state index in [0.717, 1.165) is 0 Å². The van der Waals surface area contributed by atoms with Crippen LogP contribution >= 0.6 is 0 Å². The van der Waals surface area contributed by atoms with E-state index in [2.05, 4.69) is 0 Å². The molecule has 1 spiro atoms. The van der Waals surface area contributed by atoms with Gasteiger partial charge in [0.15, 0.2) is 11.7 Å². The van der Waals surface area contributed by atoms with E-state index in [4.69, 9.17) is 28.4 Å². The Morgan fingerprint density at radius 3 is 1.85 bits per heavy atom. The highest BCUT2D eigenvalue weighted by atomic mass is 16.6. The van der Waals surface area contributed by atoms with Crippen LogP contribution in [-0.2, 0) is 42.8 Å². The lowest BCUT2D eigenvalue weighted by atomic mass is 9.46. The van der Waals surface area contributed by atoms with E-state index >= 15 is 0 Å². The molecule has 2 saturated carbocycles. The summed E-state index contributed by atoms with van der Waals surface area (Å²) in [4.78, 5) is 67.4. The van der Waals surface area contributed by atoms with Crippen LogP contribution in [0.4, 0.5) is 0 Å². The zero-order valence-electron chi connectivity index (χ0n) is 30.8. The molecule has 54 heavy (non-hydrogen) atoms. The summed E-state index contributed by atoms with van der Waals surface area (Å²) in [6.45, 7) is 6.64. The first-order valence-electron chi connectivity index (χ1n) is 17.8. The Bertz CT molecular complexity index is 1910. The van der Waals surface area contributed by atoms with Gasteiger partial charge in [0.05, 0.1) is 22.3 Å². The van der Waals surface area contributed by atoms with Gasteiger partial charge in [0.1, 0.15) is 30.3 Å². The third-order valence-electron chi connectivity index (χ3n) is 10.8. The van der Waals surface area contributed by atoms with Crippen molar-refractivity contribution in [3.8, 4) is 0 Å². The lowest BCUT2D eigenvalue weighted by Crippen LogP contribution is -2.83. The van der Waals surface area contributed by atoms with Gasteiger partial charge in [-0.1, -0.05) is 66.7 Å². The summed E-state index contributed by atoms with van der Waals surface area (Å²) in [7, 11) is 0. The molecule has 0 amide bonds. The SMILES string of the molecule is CC(=O)OC[C@]12[C@@H](OC(=O)c3ccccc3)C[C@@H]3[C@@H](OC(C)=O)[C@]1(OC3(C)C)[C@@](C)(O)C[C@H](OC(=O)c1ccccc1)[C@@H]2OC(=O)C=Cc1ccccc1. The number of ether oxygens (including phenoxy) is 6. The zero-order valence-corrected chi connectivity index (χ0v) is 30.8. The number of fused-ring (bicyclic) bond motifs is 1. The molecule has 1 aliphatic heterocycles. The van der Waals surface area contributed by atoms with Crippen molar-refractivity contribution in [3.63, 3.8) is 0 Å². The lowest BCUT2D eigenvalue weighted by molar-refractivity contribution is -0.354. The van der Waals surface area contributed by atoms with Gasteiger partial charge in [0.25, 0.3) is 0 Å². The molecule has 2 aliphatic carbocycles. The van der Waals surface area contributed by atoms with Crippen LogP contribution in [0.3, 0.4) is 0 Å². The highest BCUT2D eigenvalue weighted by Crippen LogP contribution is 2.69. The van der Waals surface area contributed by atoms with E-state index in [1.807, 2.05) is 6.07 Å². The number of carbonyl (C=O) groups is 5. The smallest absolute Gasteiger partial charge is 0.338 e. The predicted molar refractivity (Wildman–Crippen MR) is 193 cm³/mol. The minimum Gasteiger partial charge on any atom is -0.465 e. The Hall–Kier alpha value is -5.33. The van der Waals surface area contributed by atoms with E-state index in [1.54, 1.807) is 86.6 Å². The summed E-state index contributed by atoms with van der Waals surface area (Å²) in [6.07, 6.45) is -3.39. The minimum atomic E-state index is -2.08. The van der Waals surface area contributed by atoms with Gasteiger partial charge in [-0.2, -0.15) is 0 Å². The molecule has 3 aromatic carbocycles. The Kier molecular flexibility index (Phi) is 10.5. The third kappa shape index (κ3) is 6.91. The molecular weight excluding hydrogens is 696 g/mol. The zero-order chi connectivity index (χ0) is 38.9. The van der Waals surface area contributed by atoms with Gasteiger partial charge in [-0.15, -0.1) is 0 Å². The number of esters is 5. The van der Waals surface area contributed by atoms with Gasteiger partial charge >= 0.3 is 29.8 Å². The predicted octanol–water partition coefficient (Wildman–Crippen LogP) is 5.27. The van der Waals surface area contributed by atoms with Crippen molar-refractivity contribution in [2.45, 2.75) is 88.7 Å². The van der Waals surface area contributed by atoms with Gasteiger partial charge in [-0.25, -0.2) is 14.4 Å². The van der Waals surface area contributed by atoms with E-state index in [-0.39, 0.29) is 17.5 Å². The molecule has 1 heterocycles. The molecule has 3 aliphatic rings. The van der Waals surface area contributed by atoms with Crippen LogP contribution in [0, 0.1) is 11.3 Å². The fourth-order valence-corrected chi connectivity index (χ4v) is 8.67. The topological polar surface area (TPSA) is 161 Å². The summed E-state index contributed by atoms with van der Waals surface area (Å²) in [5, 5.41) is 12.9. The molecule has 3 aromatic rings. The van der Waals surface area contributed by atoms with Crippen LogP contribution in [0.25, 0.3) is 6.08 Å². The van der Waals surface area contributed by atoms with Crippen molar-refractivity contribution in [2.75, 3.05) is 6.61 Å². The minimum absolute atomic E-state index is 0.0597. The molecule has 12 heteroatoms. The molecule has 1 saturated heterocycles. The van der Waals surface area contributed by atoms with Crippen molar-refractivity contribution >= 4 is 35.9 Å². The van der Waals surface area contributed by atoms with Gasteiger partial charge in [0.2, 0.25) is 0 Å². The number of benzene rings is 3. The second-order valence-electron chi connectivity index (χ2n) is 14.8. The van der Waals surface area contributed by atoms with Crippen molar-refractivity contribution < 1.29 is 57.5 Å². The fourth-order valence-electron chi connectivity index (χ4n) is 8.67. The standard InChI is InChI=1S/C42H44O12/c1-26(43)49-25-41-33(52-38(47)30-19-13-8-14-20-30)23-31-35(50-27(2)44)42(41,54-39(31,3)4)40(5,48)24-32(51-37(46)29-17-11-7-12-18-29)36(41)53-34(45)22-21-28-15-9-6-10-16-28/h6-22,31-33,35-36,48H,23-25H2,1-5H3/t31-,32+,33+,35-,36+,40+,41-,42+/m1/s1. The molecule has 8 atom stereocenters. The third-order valence-corrected chi connectivity index (χ3v) is 10.8. The molecule has 284 valence electrons. The van der Waals surface area contributed by atoms with Crippen LogP contribution in [0.1, 0.15) is 73.7 Å². The maximum absolute atomic E-state index is 14.0. The first kappa shape index (κ1) is 38.4. The van der Waals surface area contributed by atoms with E-state index < -0.39 is 95.4 Å². The normalized spacial score (nSPS) is 30.7. The van der Waals surface area contributed by atoms with E-state index in [1.165, 1.54) is 45.1 Å². The van der Waals surface area contributed by atoms with Crippen LogP contribution in [0.5, 0.6) is 0 Å². The Morgan fingerprint density at radius 2 is 1.30 bits per heavy atom. The Balaban J connectivity index is 1.59. The fraction of sp³-hybridized carbons (Fsp3) is 0.405. The monoisotopic (exact) mass is 740 g/mol. The average molecular weight is 741 g/mol. The van der Waals surface area contributed by atoms with Gasteiger partial charge in [-0.05, 0) is 63.1 Å². The van der Waals surface area contributed by atoms with Crippen LogP contribution in [0.2, 0.25) is 0 Å². The largest absolute Gasteiger partial charge is 0.465 e. The molecule has 1 N–H and O–H groups in total. The molecule has 12 nitrogen and oxygen atoms in total. The maximum Gasteiger partial charge on any atom is 0.338 e. The van der Waals surface area contributed by atoms with Crippen molar-refractivity contribution in [1.82, 2.24) is 0 Å². The van der Waals surface area contributed by atoms with E-state index in [9.17, 15) is 29.1 Å². The van der Waals surface area contributed by atoms with Crippen molar-refractivity contribution in [2.24, 2.45) is 11.3 Å². The lowest BCUT2D eigenvalue weighted by Gasteiger charge is -2.65. The van der Waals surface area contributed by atoms with Crippen molar-refractivity contribution in [3.05, 3.63) is 114 Å². The highest BCUT2D eigenvalue weighted by molar-refractivity contribution is 5.90. The first-order valence-corrected chi connectivity index (χ1v) is 17.8. The number of aliphatic hydroxyl groups is 1.